The number of hydrogen-bond acceptors (Lipinski definition) is 3. The van der Waals surface area contributed by atoms with Gasteiger partial charge in [-0.05, 0) is 18.9 Å². The van der Waals surface area contributed by atoms with Gasteiger partial charge in [-0.3, -0.25) is 9.89 Å². The molecular weight excluding hydrogens is 258 g/mol. The number of carbonyl (C=O) groups excluding carboxylic acids is 1. The Balaban J connectivity index is 1.80. The van der Waals surface area contributed by atoms with Gasteiger partial charge in [-0.25, -0.2) is 4.79 Å². The first kappa shape index (κ1) is 12.7. The van der Waals surface area contributed by atoms with E-state index in [1.807, 2.05) is 24.3 Å². The number of aromatic nitrogens is 2. The van der Waals surface area contributed by atoms with Crippen LogP contribution in [0.1, 0.15) is 18.5 Å². The van der Waals surface area contributed by atoms with Gasteiger partial charge in [0.1, 0.15) is 6.04 Å². The minimum absolute atomic E-state index is 0.157. The average Bonchev–Trinajstić information content (AvgIpc) is 3.06. The quantitative estimate of drug-likeness (QED) is 0.879. The Morgan fingerprint density at radius 1 is 1.40 bits per heavy atom. The highest BCUT2D eigenvalue weighted by Crippen LogP contribution is 2.21. The van der Waals surface area contributed by atoms with Crippen LogP contribution in [0.25, 0.3) is 10.9 Å². The number of H-pyrrole nitrogens is 1. The molecule has 0 saturated carbocycles. The lowest BCUT2D eigenvalue weighted by atomic mass is 10.1. The highest BCUT2D eigenvalue weighted by Gasteiger charge is 2.34. The van der Waals surface area contributed by atoms with E-state index in [0.717, 1.165) is 23.0 Å². The Morgan fingerprint density at radius 3 is 3.00 bits per heavy atom. The van der Waals surface area contributed by atoms with Crippen LogP contribution in [0.5, 0.6) is 0 Å². The largest absolute Gasteiger partial charge is 0.480 e. The molecule has 0 aliphatic carbocycles. The van der Waals surface area contributed by atoms with Gasteiger partial charge in [-0.1, -0.05) is 18.2 Å². The van der Waals surface area contributed by atoms with Gasteiger partial charge in [0.2, 0.25) is 5.91 Å². The number of amides is 1. The zero-order chi connectivity index (χ0) is 14.1. The van der Waals surface area contributed by atoms with E-state index in [9.17, 15) is 9.59 Å². The van der Waals surface area contributed by atoms with Crippen molar-refractivity contribution in [3.8, 4) is 0 Å². The summed E-state index contributed by atoms with van der Waals surface area (Å²) in [4.78, 5) is 24.9. The van der Waals surface area contributed by atoms with Crippen LogP contribution in [0.2, 0.25) is 0 Å². The van der Waals surface area contributed by atoms with Crippen molar-refractivity contribution in [2.75, 3.05) is 6.54 Å². The molecule has 1 aliphatic heterocycles. The molecule has 20 heavy (non-hydrogen) atoms. The van der Waals surface area contributed by atoms with E-state index < -0.39 is 12.0 Å². The number of carboxylic acid groups (broad SMARTS) is 1. The van der Waals surface area contributed by atoms with Crippen molar-refractivity contribution >= 4 is 22.8 Å². The molecule has 1 aliphatic rings. The fourth-order valence-electron chi connectivity index (χ4n) is 2.72. The van der Waals surface area contributed by atoms with Crippen molar-refractivity contribution in [1.29, 1.82) is 0 Å². The molecule has 0 spiro atoms. The number of aliphatic carboxylic acids is 1. The van der Waals surface area contributed by atoms with Gasteiger partial charge in [0.15, 0.2) is 0 Å². The number of rotatable bonds is 3. The molecule has 3 rings (SSSR count). The van der Waals surface area contributed by atoms with Gasteiger partial charge in [0.25, 0.3) is 0 Å². The van der Waals surface area contributed by atoms with Crippen LogP contribution in [0.3, 0.4) is 0 Å². The Labute approximate surface area is 115 Å². The molecule has 1 amide bonds. The molecule has 0 bridgehead atoms. The molecule has 1 unspecified atom stereocenters. The number of nitrogens with zero attached hydrogens (tertiary/aromatic N) is 2. The smallest absolute Gasteiger partial charge is 0.326 e. The number of para-hydroxylation sites is 1. The maximum Gasteiger partial charge on any atom is 0.326 e. The number of aromatic amines is 1. The second kappa shape index (κ2) is 4.96. The van der Waals surface area contributed by atoms with E-state index in [4.69, 9.17) is 5.11 Å². The summed E-state index contributed by atoms with van der Waals surface area (Å²) in [5.41, 5.74) is 1.55. The third-order valence-electron chi connectivity index (χ3n) is 3.73. The molecule has 1 aromatic carbocycles. The van der Waals surface area contributed by atoms with Crippen molar-refractivity contribution in [2.45, 2.75) is 25.3 Å². The lowest BCUT2D eigenvalue weighted by Gasteiger charge is -2.21. The van der Waals surface area contributed by atoms with Crippen molar-refractivity contribution < 1.29 is 14.7 Å². The van der Waals surface area contributed by atoms with E-state index in [2.05, 4.69) is 10.2 Å². The molecule has 1 fully saturated rings. The summed E-state index contributed by atoms with van der Waals surface area (Å²) >= 11 is 0. The summed E-state index contributed by atoms with van der Waals surface area (Å²) in [5, 5.41) is 17.0. The third kappa shape index (κ3) is 2.13. The van der Waals surface area contributed by atoms with E-state index in [-0.39, 0.29) is 12.3 Å². The van der Waals surface area contributed by atoms with E-state index >= 15 is 0 Å². The number of carbonyl (C=O) groups is 2. The predicted octanol–water partition coefficient (Wildman–Crippen LogP) is 1.18. The van der Waals surface area contributed by atoms with Gasteiger partial charge < -0.3 is 10.0 Å². The number of carboxylic acids is 1. The molecule has 1 saturated heterocycles. The summed E-state index contributed by atoms with van der Waals surface area (Å²) in [5.74, 6) is -1.09. The maximum absolute atomic E-state index is 12.3. The summed E-state index contributed by atoms with van der Waals surface area (Å²) in [6.45, 7) is 0.516. The van der Waals surface area contributed by atoms with Crippen LogP contribution in [-0.2, 0) is 16.0 Å². The Bertz CT molecular complexity index is 664. The molecule has 2 aromatic rings. The minimum Gasteiger partial charge on any atom is -0.480 e. The summed E-state index contributed by atoms with van der Waals surface area (Å²) < 4.78 is 0. The molecule has 1 aromatic heterocycles. The second-order valence-electron chi connectivity index (χ2n) is 4.98. The zero-order valence-electron chi connectivity index (χ0n) is 10.9. The van der Waals surface area contributed by atoms with Crippen molar-refractivity contribution in [1.82, 2.24) is 15.1 Å². The summed E-state index contributed by atoms with van der Waals surface area (Å²) in [6.07, 6.45) is 1.43. The fraction of sp³-hybridized carbons (Fsp3) is 0.357. The maximum atomic E-state index is 12.3. The van der Waals surface area contributed by atoms with Gasteiger partial charge >= 0.3 is 5.97 Å². The van der Waals surface area contributed by atoms with Gasteiger partial charge in [0.05, 0.1) is 17.6 Å². The SMILES string of the molecule is O=C(O)C1CCCN1C(=O)Cc1[nH]nc2ccccc12. The van der Waals surface area contributed by atoms with Crippen LogP contribution in [0.15, 0.2) is 24.3 Å². The first-order valence-electron chi connectivity index (χ1n) is 6.61. The molecule has 6 heteroatoms. The number of fused-ring (bicyclic) bond motifs is 1. The average molecular weight is 273 g/mol. The van der Waals surface area contributed by atoms with Crippen LogP contribution in [-0.4, -0.2) is 44.7 Å². The summed E-state index contributed by atoms with van der Waals surface area (Å²) in [6, 6.07) is 6.87. The van der Waals surface area contributed by atoms with Crippen LogP contribution < -0.4 is 0 Å². The Morgan fingerprint density at radius 2 is 2.20 bits per heavy atom. The van der Waals surface area contributed by atoms with Gasteiger partial charge in [-0.15, -0.1) is 0 Å². The molecule has 2 heterocycles. The first-order chi connectivity index (χ1) is 9.66. The van der Waals surface area contributed by atoms with Crippen LogP contribution in [0, 0.1) is 0 Å². The molecule has 6 nitrogen and oxygen atoms in total. The van der Waals surface area contributed by atoms with Crippen molar-refractivity contribution in [3.63, 3.8) is 0 Å². The number of hydrogen-bond donors (Lipinski definition) is 2. The fourth-order valence-corrected chi connectivity index (χ4v) is 2.72. The lowest BCUT2D eigenvalue weighted by Crippen LogP contribution is -2.41. The van der Waals surface area contributed by atoms with Crippen molar-refractivity contribution in [3.05, 3.63) is 30.0 Å². The van der Waals surface area contributed by atoms with Crippen molar-refractivity contribution in [2.24, 2.45) is 0 Å². The second-order valence-corrected chi connectivity index (χ2v) is 4.98. The number of nitrogens with one attached hydrogen (secondary N) is 1. The summed E-state index contributed by atoms with van der Waals surface area (Å²) in [7, 11) is 0. The molecule has 0 radical (unpaired) electrons. The number of benzene rings is 1. The van der Waals surface area contributed by atoms with E-state index in [1.165, 1.54) is 4.90 Å². The van der Waals surface area contributed by atoms with Crippen LogP contribution >= 0.6 is 0 Å². The van der Waals surface area contributed by atoms with Gasteiger partial charge in [0, 0.05) is 11.9 Å². The highest BCUT2D eigenvalue weighted by molar-refractivity contribution is 5.89. The topological polar surface area (TPSA) is 86.3 Å². The monoisotopic (exact) mass is 273 g/mol. The predicted molar refractivity (Wildman–Crippen MR) is 72.2 cm³/mol. The lowest BCUT2D eigenvalue weighted by molar-refractivity contribution is -0.148. The highest BCUT2D eigenvalue weighted by atomic mass is 16.4. The Kier molecular flexibility index (Phi) is 3.14. The molecule has 104 valence electrons. The molecule has 2 N–H and O–H groups in total. The zero-order valence-corrected chi connectivity index (χ0v) is 10.9. The Hall–Kier alpha value is -2.37. The standard InChI is InChI=1S/C14H15N3O3/c18-13(17-7-3-6-12(17)14(19)20)8-11-9-4-1-2-5-10(9)15-16-11/h1-2,4-5,12H,3,6-8H2,(H,15,16)(H,19,20). The van der Waals surface area contributed by atoms with Gasteiger partial charge in [-0.2, -0.15) is 5.10 Å². The van der Waals surface area contributed by atoms with Crippen LogP contribution in [0.4, 0.5) is 0 Å². The van der Waals surface area contributed by atoms with E-state index in [1.54, 1.807) is 0 Å². The number of likely N-dealkylation sites (tertiary alicyclic amines) is 1. The molecular formula is C14H15N3O3. The molecule has 1 atom stereocenters. The normalized spacial score (nSPS) is 18.6. The minimum atomic E-state index is -0.926. The third-order valence-corrected chi connectivity index (χ3v) is 3.73. The first-order valence-corrected chi connectivity index (χ1v) is 6.61. The van der Waals surface area contributed by atoms with E-state index in [0.29, 0.717) is 13.0 Å².